The van der Waals surface area contributed by atoms with Crippen molar-refractivity contribution in [2.75, 3.05) is 6.54 Å². The van der Waals surface area contributed by atoms with Gasteiger partial charge in [-0.2, -0.15) is 0 Å². The van der Waals surface area contributed by atoms with Gasteiger partial charge in [0.15, 0.2) is 0 Å². The average Bonchev–Trinajstić information content (AvgIpc) is 2.68. The second-order valence-corrected chi connectivity index (χ2v) is 6.47. The largest absolute Gasteiger partial charge is 0.480 e. The van der Waals surface area contributed by atoms with Crippen LogP contribution in [-0.4, -0.2) is 69.1 Å². The lowest BCUT2D eigenvalue weighted by atomic mass is 10.1. The predicted molar refractivity (Wildman–Crippen MR) is 112 cm³/mol. The topological polar surface area (TPSA) is 236 Å². The van der Waals surface area contributed by atoms with Gasteiger partial charge in [0.2, 0.25) is 0 Å². The summed E-state index contributed by atoms with van der Waals surface area (Å²) in [6.07, 6.45) is 1.57. The van der Waals surface area contributed by atoms with Crippen LogP contribution in [0.5, 0.6) is 0 Å². The van der Waals surface area contributed by atoms with Gasteiger partial charge in [-0.1, -0.05) is 36.8 Å². The second kappa shape index (κ2) is 17.3. The summed E-state index contributed by atoms with van der Waals surface area (Å²) in [5.74, 6) is -3.07. The van der Waals surface area contributed by atoms with Crippen molar-refractivity contribution in [2.24, 2.45) is 22.9 Å². The first-order valence-corrected chi connectivity index (χ1v) is 9.31. The van der Waals surface area contributed by atoms with Gasteiger partial charge in [0.1, 0.15) is 18.1 Å². The molecule has 0 saturated carbocycles. The second-order valence-electron chi connectivity index (χ2n) is 6.47. The SMILES string of the molecule is C[C@@H](O)[C@H](N)C(=O)O.NCCCC[C@H](N)C(=O)O.N[C@@H](Cc1ccccc1)C(=O)O. The van der Waals surface area contributed by atoms with Crippen molar-refractivity contribution in [2.45, 2.75) is 56.8 Å². The van der Waals surface area contributed by atoms with Gasteiger partial charge in [0.25, 0.3) is 0 Å². The first-order valence-electron chi connectivity index (χ1n) is 9.31. The molecule has 0 fully saturated rings. The molecule has 0 bridgehead atoms. The van der Waals surface area contributed by atoms with E-state index in [9.17, 15) is 14.4 Å². The highest BCUT2D eigenvalue weighted by Gasteiger charge is 2.16. The molecule has 0 saturated heterocycles. The van der Waals surface area contributed by atoms with Gasteiger partial charge in [0.05, 0.1) is 6.10 Å². The number of hydrogen-bond donors (Lipinski definition) is 8. The summed E-state index contributed by atoms with van der Waals surface area (Å²) in [5, 5.41) is 33.4. The molecule has 1 rings (SSSR count). The monoisotopic (exact) mass is 430 g/mol. The fourth-order valence-electron chi connectivity index (χ4n) is 1.79. The molecule has 1 aromatic rings. The van der Waals surface area contributed by atoms with Gasteiger partial charge in [-0.05, 0) is 38.3 Å². The van der Waals surface area contributed by atoms with Gasteiger partial charge >= 0.3 is 17.9 Å². The predicted octanol–water partition coefficient (Wildman–Crippen LogP) is -1.05. The number of benzene rings is 1. The Bertz CT molecular complexity index is 614. The Morgan fingerprint density at radius 1 is 0.867 bits per heavy atom. The van der Waals surface area contributed by atoms with E-state index >= 15 is 0 Å². The number of unbranched alkanes of at least 4 members (excludes halogenated alkanes) is 1. The van der Waals surface area contributed by atoms with Crippen molar-refractivity contribution >= 4 is 17.9 Å². The summed E-state index contributed by atoms with van der Waals surface area (Å²) in [7, 11) is 0. The first-order chi connectivity index (χ1) is 13.9. The number of carboxylic acid groups (broad SMARTS) is 3. The maximum atomic E-state index is 10.4. The summed E-state index contributed by atoms with van der Waals surface area (Å²) < 4.78 is 0. The van der Waals surface area contributed by atoms with Gasteiger partial charge in [-0.25, -0.2) is 0 Å². The lowest BCUT2D eigenvalue weighted by molar-refractivity contribution is -0.141. The number of carbonyl (C=O) groups is 3. The molecule has 0 heterocycles. The summed E-state index contributed by atoms with van der Waals surface area (Å²) in [6, 6.07) is 6.67. The van der Waals surface area contributed by atoms with Crippen LogP contribution >= 0.6 is 0 Å². The van der Waals surface area contributed by atoms with E-state index in [1.807, 2.05) is 30.3 Å². The average molecular weight is 431 g/mol. The van der Waals surface area contributed by atoms with E-state index < -0.39 is 42.1 Å². The number of aliphatic hydroxyl groups excluding tert-OH is 1. The Morgan fingerprint density at radius 2 is 1.37 bits per heavy atom. The number of nitrogens with two attached hydrogens (primary N) is 4. The first kappa shape index (κ1) is 29.6. The standard InChI is InChI=1S/C9H11NO2.C6H14N2O2.C4H9NO3/c10-8(9(11)12)6-7-4-2-1-3-5-7;7-4-2-1-3-5(8)6(9)10;1-2(6)3(5)4(7)8/h1-5,8H,6,10H2,(H,11,12);5H,1-4,7-8H2,(H,9,10);2-3,6H,5H2,1H3,(H,7,8)/t8-;5-;2-,3+/m001/s1. The molecular formula is C19H34N4O7. The minimum absolute atomic E-state index is 0.385. The van der Waals surface area contributed by atoms with E-state index in [-0.39, 0.29) is 0 Å². The smallest absolute Gasteiger partial charge is 0.323 e. The molecule has 30 heavy (non-hydrogen) atoms. The maximum Gasteiger partial charge on any atom is 0.323 e. The quantitative estimate of drug-likeness (QED) is 0.208. The van der Waals surface area contributed by atoms with Crippen molar-refractivity contribution in [3.8, 4) is 0 Å². The van der Waals surface area contributed by atoms with Crippen LogP contribution < -0.4 is 22.9 Å². The lowest BCUT2D eigenvalue weighted by Crippen LogP contribution is -2.39. The number of aliphatic carboxylic acids is 3. The fourth-order valence-corrected chi connectivity index (χ4v) is 1.79. The van der Waals surface area contributed by atoms with E-state index in [0.29, 0.717) is 19.4 Å². The van der Waals surface area contributed by atoms with Gasteiger partial charge in [0, 0.05) is 0 Å². The van der Waals surface area contributed by atoms with Crippen molar-refractivity contribution in [3.63, 3.8) is 0 Å². The molecule has 0 aliphatic rings. The summed E-state index contributed by atoms with van der Waals surface area (Å²) in [5.41, 5.74) is 21.6. The molecule has 11 heteroatoms. The van der Waals surface area contributed by atoms with E-state index in [4.69, 9.17) is 43.4 Å². The Kier molecular flexibility index (Phi) is 17.1. The highest BCUT2D eigenvalue weighted by Crippen LogP contribution is 2.01. The number of carboxylic acids is 3. The number of aliphatic hydroxyl groups is 1. The van der Waals surface area contributed by atoms with E-state index in [0.717, 1.165) is 18.4 Å². The number of hydrogen-bond acceptors (Lipinski definition) is 8. The molecule has 11 nitrogen and oxygen atoms in total. The molecule has 0 amide bonds. The maximum absolute atomic E-state index is 10.4. The molecular weight excluding hydrogens is 396 g/mol. The van der Waals surface area contributed by atoms with Crippen LogP contribution in [0.2, 0.25) is 0 Å². The van der Waals surface area contributed by atoms with Crippen LogP contribution in [0.1, 0.15) is 31.7 Å². The summed E-state index contributed by atoms with van der Waals surface area (Å²) >= 11 is 0. The third kappa shape index (κ3) is 16.4. The molecule has 1 aromatic carbocycles. The summed E-state index contributed by atoms with van der Waals surface area (Å²) in [4.78, 5) is 30.4. The van der Waals surface area contributed by atoms with E-state index in [2.05, 4.69) is 0 Å². The third-order valence-electron chi connectivity index (χ3n) is 3.71. The third-order valence-corrected chi connectivity index (χ3v) is 3.71. The highest BCUT2D eigenvalue weighted by molar-refractivity contribution is 5.74. The van der Waals surface area contributed by atoms with Crippen molar-refractivity contribution < 1.29 is 34.8 Å². The van der Waals surface area contributed by atoms with Gasteiger partial charge in [-0.3, -0.25) is 14.4 Å². The minimum atomic E-state index is -1.18. The number of rotatable bonds is 10. The van der Waals surface area contributed by atoms with Crippen LogP contribution in [0.25, 0.3) is 0 Å². The molecule has 0 spiro atoms. The van der Waals surface area contributed by atoms with Crippen molar-refractivity contribution in [3.05, 3.63) is 35.9 Å². The Hall–Kier alpha value is -2.57. The van der Waals surface area contributed by atoms with Crippen molar-refractivity contribution in [1.29, 1.82) is 0 Å². The molecule has 0 unspecified atom stereocenters. The molecule has 4 atom stereocenters. The van der Waals surface area contributed by atoms with Crippen molar-refractivity contribution in [1.82, 2.24) is 0 Å². The zero-order valence-electron chi connectivity index (χ0n) is 17.1. The Labute approximate surface area is 175 Å². The molecule has 0 radical (unpaired) electrons. The molecule has 0 aliphatic carbocycles. The van der Waals surface area contributed by atoms with Crippen LogP contribution in [-0.2, 0) is 20.8 Å². The molecule has 172 valence electrons. The summed E-state index contributed by atoms with van der Waals surface area (Å²) in [6.45, 7) is 1.94. The minimum Gasteiger partial charge on any atom is -0.480 e. The van der Waals surface area contributed by atoms with Gasteiger partial charge < -0.3 is 43.4 Å². The molecule has 0 aromatic heterocycles. The van der Waals surface area contributed by atoms with Gasteiger partial charge in [-0.15, -0.1) is 0 Å². The van der Waals surface area contributed by atoms with Crippen LogP contribution in [0.3, 0.4) is 0 Å². The molecule has 0 aliphatic heterocycles. The normalized spacial score (nSPS) is 13.9. The zero-order chi connectivity index (χ0) is 23.7. The van der Waals surface area contributed by atoms with Crippen LogP contribution in [0.4, 0.5) is 0 Å². The van der Waals surface area contributed by atoms with Crippen LogP contribution in [0, 0.1) is 0 Å². The highest BCUT2D eigenvalue weighted by atomic mass is 16.4. The fraction of sp³-hybridized carbons (Fsp3) is 0.526. The lowest BCUT2D eigenvalue weighted by Gasteiger charge is -2.06. The van der Waals surface area contributed by atoms with E-state index in [1.54, 1.807) is 0 Å². The van der Waals surface area contributed by atoms with Crippen LogP contribution in [0.15, 0.2) is 30.3 Å². The Morgan fingerprint density at radius 3 is 1.70 bits per heavy atom. The Balaban J connectivity index is 0. The zero-order valence-corrected chi connectivity index (χ0v) is 17.1. The van der Waals surface area contributed by atoms with E-state index in [1.165, 1.54) is 6.92 Å². The molecule has 12 N–H and O–H groups in total.